The average Bonchev–Trinajstić information content (AvgIpc) is 2.53. The minimum Gasteiger partial charge on any atom is -0.367 e. The van der Waals surface area contributed by atoms with Crippen LogP contribution in [0, 0.1) is 10.1 Å². The fourth-order valence-corrected chi connectivity index (χ4v) is 2.12. The van der Waals surface area contributed by atoms with E-state index < -0.39 is 28.0 Å². The third kappa shape index (κ3) is 1.88. The van der Waals surface area contributed by atoms with E-state index in [1.807, 2.05) is 0 Å². The number of primary amides is 2. The van der Waals surface area contributed by atoms with Gasteiger partial charge in [-0.2, -0.15) is 0 Å². The summed E-state index contributed by atoms with van der Waals surface area (Å²) in [5, 5.41) is 12.2. The molecule has 9 heteroatoms. The summed E-state index contributed by atoms with van der Waals surface area (Å²) in [6.07, 6.45) is 0.562. The van der Waals surface area contributed by atoms with Crippen molar-refractivity contribution in [1.82, 2.24) is 10.4 Å². The number of nitro groups is 1. The molecule has 18 heavy (non-hydrogen) atoms. The minimum atomic E-state index is -1.70. The maximum atomic E-state index is 11.6. The Morgan fingerprint density at radius 2 is 2.06 bits per heavy atom. The van der Waals surface area contributed by atoms with Gasteiger partial charge in [0, 0.05) is 7.05 Å². The zero-order valence-electron chi connectivity index (χ0n) is 10.1. The van der Waals surface area contributed by atoms with Crippen LogP contribution < -0.4 is 16.9 Å². The zero-order chi connectivity index (χ0) is 14.1. The van der Waals surface area contributed by atoms with E-state index in [0.717, 1.165) is 5.01 Å². The van der Waals surface area contributed by atoms with Crippen molar-refractivity contribution in [2.24, 2.45) is 11.5 Å². The molecule has 0 spiro atoms. The summed E-state index contributed by atoms with van der Waals surface area (Å²) < 4.78 is 0. The Labute approximate surface area is 103 Å². The van der Waals surface area contributed by atoms with Crippen LogP contribution in [0.1, 0.15) is 19.8 Å². The minimum absolute atomic E-state index is 0.0970. The number of hydrazine groups is 1. The molecule has 1 aliphatic rings. The first-order valence-electron chi connectivity index (χ1n) is 5.28. The smallest absolute Gasteiger partial charge is 0.307 e. The van der Waals surface area contributed by atoms with Crippen LogP contribution in [0.25, 0.3) is 0 Å². The van der Waals surface area contributed by atoms with E-state index in [0.29, 0.717) is 6.42 Å². The molecule has 1 aliphatic heterocycles. The van der Waals surface area contributed by atoms with Crippen molar-refractivity contribution in [3.8, 4) is 0 Å². The van der Waals surface area contributed by atoms with E-state index in [1.165, 1.54) is 7.05 Å². The molecule has 0 bridgehead atoms. The largest absolute Gasteiger partial charge is 0.367 e. The van der Waals surface area contributed by atoms with Gasteiger partial charge in [0.25, 0.3) is 11.8 Å². The topological polar surface area (TPSA) is 145 Å². The monoisotopic (exact) mass is 257 g/mol. The second-order valence-corrected chi connectivity index (χ2v) is 4.01. The van der Waals surface area contributed by atoms with Crippen molar-refractivity contribution in [2.45, 2.75) is 25.3 Å². The lowest BCUT2D eigenvalue weighted by Gasteiger charge is -2.25. The average molecular weight is 257 g/mol. The van der Waals surface area contributed by atoms with Crippen molar-refractivity contribution >= 4 is 11.8 Å². The second-order valence-electron chi connectivity index (χ2n) is 4.01. The molecule has 0 fully saturated rings. The van der Waals surface area contributed by atoms with Crippen molar-refractivity contribution in [2.75, 3.05) is 7.05 Å². The van der Waals surface area contributed by atoms with Crippen LogP contribution in [0.2, 0.25) is 0 Å². The van der Waals surface area contributed by atoms with Gasteiger partial charge in [-0.25, -0.2) is 5.43 Å². The van der Waals surface area contributed by atoms with Crippen molar-refractivity contribution < 1.29 is 14.5 Å². The Bertz CT molecular complexity index is 446. The highest BCUT2D eigenvalue weighted by atomic mass is 16.6. The number of hydrogen-bond donors (Lipinski definition) is 3. The van der Waals surface area contributed by atoms with Gasteiger partial charge in [0.2, 0.25) is 5.54 Å². The fourth-order valence-electron chi connectivity index (χ4n) is 2.12. The Hall–Kier alpha value is -2.16. The quantitative estimate of drug-likeness (QED) is 0.401. The number of rotatable bonds is 5. The lowest BCUT2D eigenvalue weighted by Crippen LogP contribution is -2.57. The van der Waals surface area contributed by atoms with Gasteiger partial charge in [0.1, 0.15) is 0 Å². The summed E-state index contributed by atoms with van der Waals surface area (Å²) in [4.78, 5) is 33.2. The number of nitrogens with two attached hydrogens (primary N) is 2. The number of hydrogen-bond acceptors (Lipinski definition) is 6. The van der Waals surface area contributed by atoms with E-state index in [4.69, 9.17) is 11.5 Å². The van der Waals surface area contributed by atoms with E-state index in [1.54, 1.807) is 6.92 Å². The molecule has 0 radical (unpaired) electrons. The standard InChI is InChI=1S/C9H15N5O4/c1-3-4-9(8(11)16)6(14(17)18)5(7(10)15)13(2)12-9/h12H,3-4H2,1-2H3,(H2,10,15)(H2,11,16). The van der Waals surface area contributed by atoms with Crippen molar-refractivity contribution in [3.63, 3.8) is 0 Å². The lowest BCUT2D eigenvalue weighted by molar-refractivity contribution is -0.433. The number of nitrogens with one attached hydrogen (secondary N) is 1. The Balaban J connectivity index is 3.51. The Kier molecular flexibility index (Phi) is 3.56. The van der Waals surface area contributed by atoms with Crippen LogP contribution in [0.5, 0.6) is 0 Å². The Morgan fingerprint density at radius 1 is 1.50 bits per heavy atom. The van der Waals surface area contributed by atoms with Crippen molar-refractivity contribution in [3.05, 3.63) is 21.5 Å². The van der Waals surface area contributed by atoms with Crippen LogP contribution in [-0.2, 0) is 9.59 Å². The molecule has 0 aromatic heterocycles. The maximum Gasteiger partial charge on any atom is 0.307 e. The highest BCUT2D eigenvalue weighted by Gasteiger charge is 2.57. The molecule has 1 atom stereocenters. The molecule has 0 aromatic carbocycles. The predicted octanol–water partition coefficient (Wildman–Crippen LogP) is -1.57. The normalized spacial score (nSPS) is 23.3. The van der Waals surface area contributed by atoms with E-state index in [-0.39, 0.29) is 12.1 Å². The molecule has 1 heterocycles. The van der Waals surface area contributed by atoms with Crippen LogP contribution in [-0.4, -0.2) is 34.3 Å². The molecule has 0 saturated heterocycles. The predicted molar refractivity (Wildman–Crippen MR) is 60.9 cm³/mol. The number of carbonyl (C=O) groups is 2. The number of amides is 2. The SMILES string of the molecule is CCCC1(C(N)=O)NN(C)C(C(N)=O)=C1[N+](=O)[O-]. The van der Waals surface area contributed by atoms with Gasteiger partial charge < -0.3 is 11.5 Å². The van der Waals surface area contributed by atoms with Gasteiger partial charge >= 0.3 is 5.70 Å². The number of nitrogens with zero attached hydrogens (tertiary/aromatic N) is 2. The molecular weight excluding hydrogens is 242 g/mol. The molecule has 0 aromatic rings. The summed E-state index contributed by atoms with van der Waals surface area (Å²) in [5.74, 6) is -1.91. The fraction of sp³-hybridized carbons (Fsp3) is 0.556. The molecule has 1 unspecified atom stereocenters. The Morgan fingerprint density at radius 3 is 2.39 bits per heavy atom. The van der Waals surface area contributed by atoms with E-state index in [9.17, 15) is 19.7 Å². The van der Waals surface area contributed by atoms with Gasteiger partial charge in [0.15, 0.2) is 5.70 Å². The van der Waals surface area contributed by atoms with Crippen LogP contribution in [0.15, 0.2) is 11.4 Å². The van der Waals surface area contributed by atoms with Crippen LogP contribution >= 0.6 is 0 Å². The first-order chi connectivity index (χ1) is 8.27. The van der Waals surface area contributed by atoms with E-state index >= 15 is 0 Å². The van der Waals surface area contributed by atoms with Gasteiger partial charge in [-0.3, -0.25) is 24.7 Å². The molecule has 5 N–H and O–H groups in total. The molecule has 2 amide bonds. The number of carbonyl (C=O) groups excluding carboxylic acids is 2. The van der Waals surface area contributed by atoms with Crippen LogP contribution in [0.3, 0.4) is 0 Å². The first kappa shape index (κ1) is 13.9. The molecule has 0 saturated carbocycles. The third-order valence-electron chi connectivity index (χ3n) is 2.78. The highest BCUT2D eigenvalue weighted by Crippen LogP contribution is 2.32. The van der Waals surface area contributed by atoms with Gasteiger partial charge in [-0.15, -0.1) is 0 Å². The molecule has 1 rings (SSSR count). The number of likely N-dealkylation sites (N-methyl/N-ethyl adjacent to an activating group) is 1. The third-order valence-corrected chi connectivity index (χ3v) is 2.78. The summed E-state index contributed by atoms with van der Waals surface area (Å²) >= 11 is 0. The lowest BCUT2D eigenvalue weighted by atomic mass is 9.90. The second kappa shape index (κ2) is 4.61. The molecular formula is C9H15N5O4. The van der Waals surface area contributed by atoms with Gasteiger partial charge in [0.05, 0.1) is 4.92 Å². The van der Waals surface area contributed by atoms with Gasteiger partial charge in [-0.1, -0.05) is 13.3 Å². The maximum absolute atomic E-state index is 11.6. The molecule has 0 aliphatic carbocycles. The van der Waals surface area contributed by atoms with Crippen LogP contribution in [0.4, 0.5) is 0 Å². The highest BCUT2D eigenvalue weighted by molar-refractivity contribution is 5.97. The zero-order valence-corrected chi connectivity index (χ0v) is 10.1. The van der Waals surface area contributed by atoms with Gasteiger partial charge in [-0.05, 0) is 6.42 Å². The summed E-state index contributed by atoms with van der Waals surface area (Å²) in [6.45, 7) is 1.74. The summed E-state index contributed by atoms with van der Waals surface area (Å²) in [7, 11) is 1.37. The summed E-state index contributed by atoms with van der Waals surface area (Å²) in [6, 6.07) is 0. The molecule has 100 valence electrons. The molecule has 9 nitrogen and oxygen atoms in total. The first-order valence-corrected chi connectivity index (χ1v) is 5.28. The summed E-state index contributed by atoms with van der Waals surface area (Å²) in [5.41, 5.74) is 10.3. The van der Waals surface area contributed by atoms with Crippen molar-refractivity contribution in [1.29, 1.82) is 0 Å². The van der Waals surface area contributed by atoms with E-state index in [2.05, 4.69) is 5.43 Å².